The van der Waals surface area contributed by atoms with Crippen LogP contribution in [0.5, 0.6) is 0 Å². The minimum absolute atomic E-state index is 0.00488. The van der Waals surface area contributed by atoms with E-state index in [-0.39, 0.29) is 11.1 Å². The Morgan fingerprint density at radius 2 is 2.00 bits per heavy atom. The smallest absolute Gasteiger partial charge is 0.416 e. The van der Waals surface area contributed by atoms with Gasteiger partial charge in [0.25, 0.3) is 0 Å². The lowest BCUT2D eigenvalue weighted by molar-refractivity contribution is -0.137. The summed E-state index contributed by atoms with van der Waals surface area (Å²) in [6.07, 6.45) is -4.62. The van der Waals surface area contributed by atoms with Gasteiger partial charge in [0, 0.05) is 0 Å². The molecule has 0 aliphatic rings. The van der Waals surface area contributed by atoms with Crippen molar-refractivity contribution in [3.8, 4) is 6.07 Å². The average Bonchev–Trinajstić information content (AvgIpc) is 2.14. The fourth-order valence-corrected chi connectivity index (χ4v) is 1.27. The van der Waals surface area contributed by atoms with Gasteiger partial charge in [-0.1, -0.05) is 0 Å². The van der Waals surface area contributed by atoms with E-state index in [2.05, 4.69) is 0 Å². The minimum atomic E-state index is -4.62. The molecule has 0 saturated carbocycles. The molecule has 0 unspecified atom stereocenters. The number of carboxylic acid groups (broad SMARTS) is 1. The molecule has 3 nitrogen and oxygen atoms in total. The number of carbonyl (C=O) groups is 1. The zero-order valence-electron chi connectivity index (χ0n) is 8.09. The topological polar surface area (TPSA) is 61.1 Å². The molecule has 0 fully saturated rings. The van der Waals surface area contributed by atoms with E-state index in [9.17, 15) is 18.0 Å². The first-order valence-electron chi connectivity index (χ1n) is 4.12. The molecule has 0 amide bonds. The lowest BCUT2D eigenvalue weighted by Crippen LogP contribution is -2.10. The Morgan fingerprint density at radius 3 is 2.38 bits per heavy atom. The molecule has 0 bridgehead atoms. The van der Waals surface area contributed by atoms with Gasteiger partial charge in [0.1, 0.15) is 6.07 Å². The number of nitriles is 1. The van der Waals surface area contributed by atoms with Gasteiger partial charge in [-0.25, -0.2) is 4.79 Å². The van der Waals surface area contributed by atoms with Gasteiger partial charge in [0.15, 0.2) is 0 Å². The van der Waals surface area contributed by atoms with Gasteiger partial charge < -0.3 is 5.11 Å². The maximum Gasteiger partial charge on any atom is 0.416 e. The maximum atomic E-state index is 12.4. The van der Waals surface area contributed by atoms with E-state index in [4.69, 9.17) is 10.4 Å². The van der Waals surface area contributed by atoms with Crippen molar-refractivity contribution in [3.05, 3.63) is 34.4 Å². The molecule has 1 aromatic rings. The number of aromatic carboxylic acids is 1. The Labute approximate surface area is 88.7 Å². The van der Waals surface area contributed by atoms with Gasteiger partial charge in [-0.05, 0) is 24.6 Å². The molecular formula is C10H6F3NO2. The third kappa shape index (κ3) is 2.14. The molecule has 0 atom stereocenters. The average molecular weight is 229 g/mol. The maximum absolute atomic E-state index is 12.4. The first kappa shape index (κ1) is 12.0. The molecule has 0 radical (unpaired) electrons. The van der Waals surface area contributed by atoms with Crippen LogP contribution in [0.4, 0.5) is 13.2 Å². The van der Waals surface area contributed by atoms with E-state index in [0.717, 1.165) is 6.07 Å². The summed E-state index contributed by atoms with van der Waals surface area (Å²) in [6, 6.07) is 2.80. The van der Waals surface area contributed by atoms with E-state index in [1.165, 1.54) is 6.92 Å². The van der Waals surface area contributed by atoms with E-state index in [0.29, 0.717) is 6.07 Å². The minimum Gasteiger partial charge on any atom is -0.478 e. The van der Waals surface area contributed by atoms with Crippen molar-refractivity contribution in [2.75, 3.05) is 0 Å². The normalized spacial score (nSPS) is 10.9. The lowest BCUT2D eigenvalue weighted by Gasteiger charge is -2.10. The van der Waals surface area contributed by atoms with Gasteiger partial charge in [-0.15, -0.1) is 0 Å². The van der Waals surface area contributed by atoms with Gasteiger partial charge in [0.2, 0.25) is 0 Å². The quantitative estimate of drug-likeness (QED) is 0.804. The largest absolute Gasteiger partial charge is 0.478 e. The van der Waals surface area contributed by atoms with Crippen LogP contribution < -0.4 is 0 Å². The predicted octanol–water partition coefficient (Wildman–Crippen LogP) is 2.58. The van der Waals surface area contributed by atoms with Crippen LogP contribution in [0, 0.1) is 18.3 Å². The molecule has 1 N–H and O–H groups in total. The van der Waals surface area contributed by atoms with Gasteiger partial charge in [-0.3, -0.25) is 0 Å². The molecule has 0 heterocycles. The molecule has 6 heteroatoms. The Balaban J connectivity index is 3.54. The summed E-state index contributed by atoms with van der Waals surface area (Å²) in [5.41, 5.74) is -1.95. The molecule has 16 heavy (non-hydrogen) atoms. The summed E-state index contributed by atoms with van der Waals surface area (Å²) in [4.78, 5) is 10.7. The van der Waals surface area contributed by atoms with Crippen molar-refractivity contribution in [1.29, 1.82) is 5.26 Å². The fourth-order valence-electron chi connectivity index (χ4n) is 1.27. The molecule has 0 aliphatic carbocycles. The Hall–Kier alpha value is -2.03. The molecule has 84 valence electrons. The van der Waals surface area contributed by atoms with E-state index in [1.54, 1.807) is 6.07 Å². The summed E-state index contributed by atoms with van der Waals surface area (Å²) >= 11 is 0. The number of hydrogen-bond acceptors (Lipinski definition) is 2. The SMILES string of the molecule is Cc1cc(C(F)(F)F)cc(C(=O)O)c1C#N. The number of rotatable bonds is 1. The highest BCUT2D eigenvalue weighted by molar-refractivity contribution is 5.91. The molecule has 0 spiro atoms. The Kier molecular flexibility index (Phi) is 2.90. The molecular weight excluding hydrogens is 223 g/mol. The van der Waals surface area contributed by atoms with Gasteiger partial charge in [-0.2, -0.15) is 18.4 Å². The van der Waals surface area contributed by atoms with Crippen LogP contribution in [0.1, 0.15) is 27.0 Å². The van der Waals surface area contributed by atoms with Crippen LogP contribution in [0.2, 0.25) is 0 Å². The second kappa shape index (κ2) is 3.85. The zero-order valence-corrected chi connectivity index (χ0v) is 8.09. The molecule has 0 saturated heterocycles. The summed E-state index contributed by atoms with van der Waals surface area (Å²) in [6.45, 7) is 1.26. The standard InChI is InChI=1S/C10H6F3NO2/c1-5-2-6(10(11,12)13)3-7(9(15)16)8(5)4-14/h2-3H,1H3,(H,15,16). The summed E-state index contributed by atoms with van der Waals surface area (Å²) in [7, 11) is 0. The summed E-state index contributed by atoms with van der Waals surface area (Å²) in [5, 5.41) is 17.3. The van der Waals surface area contributed by atoms with Crippen LogP contribution in [0.25, 0.3) is 0 Å². The third-order valence-corrected chi connectivity index (χ3v) is 2.01. The van der Waals surface area contributed by atoms with Gasteiger partial charge >= 0.3 is 12.1 Å². The Morgan fingerprint density at radius 1 is 1.44 bits per heavy atom. The van der Waals surface area contributed by atoms with E-state index >= 15 is 0 Å². The van der Waals surface area contributed by atoms with Crippen LogP contribution in [0.3, 0.4) is 0 Å². The highest BCUT2D eigenvalue weighted by Gasteiger charge is 2.32. The van der Waals surface area contributed by atoms with Crippen LogP contribution >= 0.6 is 0 Å². The summed E-state index contributed by atoms with van der Waals surface area (Å²) in [5.74, 6) is -1.55. The van der Waals surface area contributed by atoms with Crippen molar-refractivity contribution in [2.24, 2.45) is 0 Å². The van der Waals surface area contributed by atoms with Crippen LogP contribution in [0.15, 0.2) is 12.1 Å². The first-order valence-corrected chi connectivity index (χ1v) is 4.12. The highest BCUT2D eigenvalue weighted by Crippen LogP contribution is 2.31. The van der Waals surface area contributed by atoms with Crippen molar-refractivity contribution >= 4 is 5.97 Å². The zero-order chi connectivity index (χ0) is 12.5. The van der Waals surface area contributed by atoms with Gasteiger partial charge in [0.05, 0.1) is 16.7 Å². The van der Waals surface area contributed by atoms with Crippen molar-refractivity contribution < 1.29 is 23.1 Å². The van der Waals surface area contributed by atoms with E-state index < -0.39 is 23.3 Å². The molecule has 0 aromatic heterocycles. The predicted molar refractivity (Wildman–Crippen MR) is 47.9 cm³/mol. The van der Waals surface area contributed by atoms with Crippen molar-refractivity contribution in [1.82, 2.24) is 0 Å². The molecule has 1 aromatic carbocycles. The second-order valence-corrected chi connectivity index (χ2v) is 3.13. The summed E-state index contributed by atoms with van der Waals surface area (Å²) < 4.78 is 37.1. The second-order valence-electron chi connectivity index (χ2n) is 3.13. The first-order chi connectivity index (χ1) is 7.27. The van der Waals surface area contributed by atoms with Crippen LogP contribution in [-0.2, 0) is 6.18 Å². The molecule has 0 aliphatic heterocycles. The number of carboxylic acids is 1. The third-order valence-electron chi connectivity index (χ3n) is 2.01. The van der Waals surface area contributed by atoms with Crippen LogP contribution in [-0.4, -0.2) is 11.1 Å². The lowest BCUT2D eigenvalue weighted by atomic mass is 9.99. The Bertz CT molecular complexity index is 486. The molecule has 1 rings (SSSR count). The monoisotopic (exact) mass is 229 g/mol. The van der Waals surface area contributed by atoms with Crippen molar-refractivity contribution in [2.45, 2.75) is 13.1 Å². The number of nitrogens with zero attached hydrogens (tertiary/aromatic N) is 1. The number of benzene rings is 1. The van der Waals surface area contributed by atoms with Crippen molar-refractivity contribution in [3.63, 3.8) is 0 Å². The number of hydrogen-bond donors (Lipinski definition) is 1. The number of alkyl halides is 3. The number of halogens is 3. The van der Waals surface area contributed by atoms with E-state index in [1.807, 2.05) is 0 Å². The number of aryl methyl sites for hydroxylation is 1. The highest BCUT2D eigenvalue weighted by atomic mass is 19.4. The fraction of sp³-hybridized carbons (Fsp3) is 0.200.